The number of nitrogen functional groups attached to an aromatic ring is 1. The Hall–Kier alpha value is -0.590. The van der Waals surface area contributed by atoms with Crippen molar-refractivity contribution in [1.29, 1.82) is 0 Å². The standard InChI is InChI=1S/C11H15BrN2O2S/c1-2-7-5-11(7)14-17(15,16)8-3-4-9(12)10(13)6-8/h3-4,6-7,11,14H,2,5,13H2,1H3. The Morgan fingerprint density at radius 1 is 1.53 bits per heavy atom. The molecule has 2 unspecified atom stereocenters. The van der Waals surface area contributed by atoms with Crippen molar-refractivity contribution < 1.29 is 8.42 Å². The number of hydrogen-bond acceptors (Lipinski definition) is 3. The third kappa shape index (κ3) is 2.81. The number of nitrogens with two attached hydrogens (primary N) is 1. The Kier molecular flexibility index (Phi) is 3.47. The lowest BCUT2D eigenvalue weighted by molar-refractivity contribution is 0.576. The SMILES string of the molecule is CCC1CC1NS(=O)(=O)c1ccc(Br)c(N)c1. The zero-order valence-electron chi connectivity index (χ0n) is 9.48. The summed E-state index contributed by atoms with van der Waals surface area (Å²) < 4.78 is 27.4. The van der Waals surface area contributed by atoms with Crippen LogP contribution in [0.15, 0.2) is 27.6 Å². The monoisotopic (exact) mass is 318 g/mol. The molecule has 0 amide bonds. The van der Waals surface area contributed by atoms with Crippen LogP contribution in [0, 0.1) is 5.92 Å². The summed E-state index contributed by atoms with van der Waals surface area (Å²) in [5.41, 5.74) is 6.10. The molecule has 0 aromatic heterocycles. The zero-order valence-corrected chi connectivity index (χ0v) is 11.9. The number of hydrogen-bond donors (Lipinski definition) is 2. The van der Waals surface area contributed by atoms with E-state index in [4.69, 9.17) is 5.73 Å². The number of sulfonamides is 1. The van der Waals surface area contributed by atoms with Crippen molar-refractivity contribution in [2.75, 3.05) is 5.73 Å². The highest BCUT2D eigenvalue weighted by Crippen LogP contribution is 2.34. The van der Waals surface area contributed by atoms with Gasteiger partial charge in [-0.15, -0.1) is 0 Å². The summed E-state index contributed by atoms with van der Waals surface area (Å²) in [7, 11) is -3.43. The predicted molar refractivity (Wildman–Crippen MR) is 71.1 cm³/mol. The van der Waals surface area contributed by atoms with Gasteiger partial charge in [-0.25, -0.2) is 13.1 Å². The summed E-state index contributed by atoms with van der Waals surface area (Å²) in [4.78, 5) is 0.222. The van der Waals surface area contributed by atoms with Crippen molar-refractivity contribution in [2.45, 2.75) is 30.7 Å². The van der Waals surface area contributed by atoms with Crippen molar-refractivity contribution in [1.82, 2.24) is 4.72 Å². The summed E-state index contributed by atoms with van der Waals surface area (Å²) in [5.74, 6) is 0.484. The molecule has 0 spiro atoms. The molecule has 6 heteroatoms. The van der Waals surface area contributed by atoms with Crippen LogP contribution < -0.4 is 10.5 Å². The maximum atomic E-state index is 12.0. The first-order chi connectivity index (χ1) is 7.94. The maximum Gasteiger partial charge on any atom is 0.240 e. The van der Waals surface area contributed by atoms with Crippen LogP contribution in [0.2, 0.25) is 0 Å². The second-order valence-corrected chi connectivity index (χ2v) is 6.88. The molecule has 1 aromatic rings. The number of anilines is 1. The first kappa shape index (κ1) is 12.9. The lowest BCUT2D eigenvalue weighted by Gasteiger charge is -2.07. The van der Waals surface area contributed by atoms with Crippen molar-refractivity contribution in [2.24, 2.45) is 5.92 Å². The lowest BCUT2D eigenvalue weighted by Crippen LogP contribution is -2.27. The second-order valence-electron chi connectivity index (χ2n) is 4.32. The predicted octanol–water partition coefficient (Wildman–Crippen LogP) is 2.11. The van der Waals surface area contributed by atoms with Crippen LogP contribution in [-0.4, -0.2) is 14.5 Å². The fourth-order valence-electron chi connectivity index (χ4n) is 1.80. The van der Waals surface area contributed by atoms with E-state index in [9.17, 15) is 8.42 Å². The van der Waals surface area contributed by atoms with Gasteiger partial charge in [0.1, 0.15) is 0 Å². The van der Waals surface area contributed by atoms with Crippen molar-refractivity contribution in [3.05, 3.63) is 22.7 Å². The van der Waals surface area contributed by atoms with Gasteiger partial charge in [0.05, 0.1) is 4.90 Å². The van der Waals surface area contributed by atoms with Gasteiger partial charge in [0, 0.05) is 16.2 Å². The van der Waals surface area contributed by atoms with Crippen LogP contribution >= 0.6 is 15.9 Å². The van der Waals surface area contributed by atoms with Crippen LogP contribution in [0.5, 0.6) is 0 Å². The molecule has 2 rings (SSSR count). The summed E-state index contributed by atoms with van der Waals surface area (Å²) in [6.45, 7) is 2.07. The highest BCUT2D eigenvalue weighted by molar-refractivity contribution is 9.10. The van der Waals surface area contributed by atoms with E-state index in [1.165, 1.54) is 6.07 Å². The van der Waals surface area contributed by atoms with Gasteiger partial charge in [0.25, 0.3) is 0 Å². The first-order valence-corrected chi connectivity index (χ1v) is 7.79. The Morgan fingerprint density at radius 3 is 2.76 bits per heavy atom. The van der Waals surface area contributed by atoms with Crippen LogP contribution in [0.1, 0.15) is 19.8 Å². The largest absolute Gasteiger partial charge is 0.398 e. The number of benzene rings is 1. The second kappa shape index (κ2) is 4.59. The Balaban J connectivity index is 2.17. The fraction of sp³-hybridized carbons (Fsp3) is 0.455. The Morgan fingerprint density at radius 2 is 2.24 bits per heavy atom. The fourth-order valence-corrected chi connectivity index (χ4v) is 3.40. The van der Waals surface area contributed by atoms with E-state index in [1.54, 1.807) is 12.1 Å². The molecule has 17 heavy (non-hydrogen) atoms. The smallest absolute Gasteiger partial charge is 0.240 e. The van der Waals surface area contributed by atoms with E-state index in [1.807, 2.05) is 0 Å². The minimum atomic E-state index is -3.43. The van der Waals surface area contributed by atoms with Gasteiger partial charge in [0.15, 0.2) is 0 Å². The minimum absolute atomic E-state index is 0.0925. The normalized spacial score (nSPS) is 23.6. The Labute approximate surface area is 110 Å². The summed E-state index contributed by atoms with van der Waals surface area (Å²) in [6, 6.07) is 4.76. The van der Waals surface area contributed by atoms with E-state index in [2.05, 4.69) is 27.6 Å². The first-order valence-electron chi connectivity index (χ1n) is 5.51. The highest BCUT2D eigenvalue weighted by Gasteiger charge is 2.38. The third-order valence-electron chi connectivity index (χ3n) is 3.03. The molecular formula is C11H15BrN2O2S. The summed E-state index contributed by atoms with van der Waals surface area (Å²) in [6.07, 6.45) is 1.94. The molecule has 1 aromatic carbocycles. The third-order valence-corrected chi connectivity index (χ3v) is 5.24. The van der Waals surface area contributed by atoms with Gasteiger partial charge in [0.2, 0.25) is 10.0 Å². The average molecular weight is 319 g/mol. The Bertz CT molecular complexity index is 530. The van der Waals surface area contributed by atoms with Gasteiger partial charge in [-0.2, -0.15) is 0 Å². The van der Waals surface area contributed by atoms with Crippen LogP contribution in [0.25, 0.3) is 0 Å². The van der Waals surface area contributed by atoms with E-state index >= 15 is 0 Å². The molecule has 0 saturated heterocycles. The van der Waals surface area contributed by atoms with Crippen LogP contribution in [-0.2, 0) is 10.0 Å². The van der Waals surface area contributed by atoms with Crippen molar-refractivity contribution >= 4 is 31.6 Å². The molecule has 1 aliphatic rings. The summed E-state index contributed by atoms with van der Waals surface area (Å²) in [5, 5.41) is 0. The van der Waals surface area contributed by atoms with Crippen LogP contribution in [0.3, 0.4) is 0 Å². The topological polar surface area (TPSA) is 72.2 Å². The number of rotatable bonds is 4. The maximum absolute atomic E-state index is 12.0. The van der Waals surface area contributed by atoms with E-state index in [-0.39, 0.29) is 10.9 Å². The number of nitrogens with one attached hydrogen (secondary N) is 1. The quantitative estimate of drug-likeness (QED) is 0.835. The van der Waals surface area contributed by atoms with Gasteiger partial charge >= 0.3 is 0 Å². The highest BCUT2D eigenvalue weighted by atomic mass is 79.9. The molecule has 0 aliphatic heterocycles. The van der Waals surface area contributed by atoms with Gasteiger partial charge in [-0.05, 0) is 46.5 Å². The molecule has 1 aliphatic carbocycles. The van der Waals surface area contributed by atoms with Crippen LogP contribution in [0.4, 0.5) is 5.69 Å². The lowest BCUT2D eigenvalue weighted by atomic mass is 10.3. The molecular weight excluding hydrogens is 304 g/mol. The van der Waals surface area contributed by atoms with Gasteiger partial charge in [-0.1, -0.05) is 13.3 Å². The molecule has 0 bridgehead atoms. The van der Waals surface area contributed by atoms with Gasteiger partial charge in [-0.3, -0.25) is 0 Å². The zero-order chi connectivity index (χ0) is 12.6. The molecule has 1 saturated carbocycles. The molecule has 94 valence electrons. The van der Waals surface area contributed by atoms with Crippen molar-refractivity contribution in [3.8, 4) is 0 Å². The molecule has 3 N–H and O–H groups in total. The van der Waals surface area contributed by atoms with E-state index in [0.29, 0.717) is 16.1 Å². The number of halogens is 1. The van der Waals surface area contributed by atoms with Crippen molar-refractivity contribution in [3.63, 3.8) is 0 Å². The van der Waals surface area contributed by atoms with E-state index < -0.39 is 10.0 Å². The molecule has 1 fully saturated rings. The van der Waals surface area contributed by atoms with E-state index in [0.717, 1.165) is 12.8 Å². The summed E-state index contributed by atoms with van der Waals surface area (Å²) >= 11 is 3.24. The van der Waals surface area contributed by atoms with Gasteiger partial charge < -0.3 is 5.73 Å². The average Bonchev–Trinajstić information content (AvgIpc) is 2.99. The molecule has 0 heterocycles. The minimum Gasteiger partial charge on any atom is -0.398 e. The molecule has 4 nitrogen and oxygen atoms in total. The molecule has 0 radical (unpaired) electrons. The molecule has 2 atom stereocenters.